The largest absolute Gasteiger partial charge is 0.481 e. The summed E-state index contributed by atoms with van der Waals surface area (Å²) in [7, 11) is 1.70. The summed E-state index contributed by atoms with van der Waals surface area (Å²) < 4.78 is 5.25. The van der Waals surface area contributed by atoms with Gasteiger partial charge >= 0.3 is 5.97 Å². The van der Waals surface area contributed by atoms with Gasteiger partial charge in [0, 0.05) is 58.0 Å². The summed E-state index contributed by atoms with van der Waals surface area (Å²) in [6, 6.07) is 3.31. The number of aliphatic carboxylic acids is 1. The minimum absolute atomic E-state index is 0.0126. The van der Waals surface area contributed by atoms with Gasteiger partial charge < -0.3 is 30.3 Å². The van der Waals surface area contributed by atoms with E-state index in [9.17, 15) is 24.0 Å². The van der Waals surface area contributed by atoms with Crippen LogP contribution in [0.2, 0.25) is 0 Å². The molecule has 42 heavy (non-hydrogen) atoms. The average Bonchev–Trinajstić information content (AvgIpc) is 3.29. The maximum absolute atomic E-state index is 12.9. The van der Waals surface area contributed by atoms with Gasteiger partial charge in [0.2, 0.25) is 23.6 Å². The summed E-state index contributed by atoms with van der Waals surface area (Å²) >= 11 is 0. The molecule has 3 N–H and O–H groups in total. The molecule has 4 amide bonds. The Morgan fingerprint density at radius 1 is 1.02 bits per heavy atom. The predicted octanol–water partition coefficient (Wildman–Crippen LogP) is 1.51. The number of carbonyl (C=O) groups excluding carboxylic acids is 4. The van der Waals surface area contributed by atoms with Crippen molar-refractivity contribution in [2.24, 2.45) is 17.3 Å². The molecule has 1 aliphatic carbocycles. The van der Waals surface area contributed by atoms with Crippen molar-refractivity contribution in [2.45, 2.75) is 63.8 Å². The van der Waals surface area contributed by atoms with E-state index in [0.717, 1.165) is 44.1 Å². The lowest BCUT2D eigenvalue weighted by Gasteiger charge is -2.45. The fourth-order valence-electron chi connectivity index (χ4n) is 6.56. The van der Waals surface area contributed by atoms with Gasteiger partial charge in [0.05, 0.1) is 38.0 Å². The maximum atomic E-state index is 12.9. The van der Waals surface area contributed by atoms with Gasteiger partial charge in [0.1, 0.15) is 0 Å². The van der Waals surface area contributed by atoms with Gasteiger partial charge in [-0.2, -0.15) is 0 Å². The SMILES string of the molecule is CN1C(=O)C[C@H](C(=O)NCCNC(=O)C2CCC3(CC2)CCN(C(=O)CCOCCC(=O)O)CC3)[C@H]1c1cccnc1. The zero-order valence-corrected chi connectivity index (χ0v) is 24.4. The summed E-state index contributed by atoms with van der Waals surface area (Å²) in [5.41, 5.74) is 1.00. The highest BCUT2D eigenvalue weighted by Gasteiger charge is 2.43. The van der Waals surface area contributed by atoms with Crippen LogP contribution in [0.4, 0.5) is 0 Å². The van der Waals surface area contributed by atoms with Crippen molar-refractivity contribution < 1.29 is 33.8 Å². The molecule has 2 atom stereocenters. The standard InChI is InChI=1S/C30H43N5O7/c1-34-25(37)19-23(27(34)22-3-2-12-31-20-22)29(41)33-14-13-32-28(40)21-4-8-30(9-5-21)10-15-35(16-11-30)24(36)6-17-42-18-7-26(38)39/h2-3,12,20-21,23,27H,4-11,13-19H2,1H3,(H,32,40)(H,33,41)(H,38,39)/t23-,27+/m0/s1. The molecule has 1 aromatic heterocycles. The van der Waals surface area contributed by atoms with Crippen molar-refractivity contribution in [3.05, 3.63) is 30.1 Å². The molecule has 1 saturated carbocycles. The van der Waals surface area contributed by atoms with Crippen molar-refractivity contribution in [1.29, 1.82) is 0 Å². The van der Waals surface area contributed by atoms with Crippen molar-refractivity contribution in [3.8, 4) is 0 Å². The second kappa shape index (κ2) is 14.6. The van der Waals surface area contributed by atoms with Crippen LogP contribution in [-0.4, -0.2) is 95.9 Å². The van der Waals surface area contributed by atoms with Gasteiger partial charge in [-0.15, -0.1) is 0 Å². The number of hydrogen-bond donors (Lipinski definition) is 3. The molecular weight excluding hydrogens is 542 g/mol. The van der Waals surface area contributed by atoms with Crippen LogP contribution in [0.3, 0.4) is 0 Å². The maximum Gasteiger partial charge on any atom is 0.305 e. The molecule has 4 rings (SSSR count). The molecule has 12 nitrogen and oxygen atoms in total. The number of piperidine rings is 1. The molecule has 0 bridgehead atoms. The third kappa shape index (κ3) is 8.05. The minimum Gasteiger partial charge on any atom is -0.481 e. The summed E-state index contributed by atoms with van der Waals surface area (Å²) in [4.78, 5) is 68.7. The van der Waals surface area contributed by atoms with Crippen LogP contribution in [0.5, 0.6) is 0 Å². The number of likely N-dealkylation sites (tertiary alicyclic amines) is 2. The molecule has 12 heteroatoms. The Morgan fingerprint density at radius 2 is 1.69 bits per heavy atom. The van der Waals surface area contributed by atoms with Crippen LogP contribution in [0.1, 0.15) is 69.4 Å². The average molecular weight is 586 g/mol. The molecule has 2 aliphatic heterocycles. The van der Waals surface area contributed by atoms with Gasteiger partial charge in [-0.25, -0.2) is 0 Å². The molecule has 1 aromatic rings. The smallest absolute Gasteiger partial charge is 0.305 e. The zero-order valence-electron chi connectivity index (χ0n) is 24.4. The van der Waals surface area contributed by atoms with Crippen LogP contribution in [0, 0.1) is 17.3 Å². The van der Waals surface area contributed by atoms with Gasteiger partial charge in [-0.05, 0) is 55.6 Å². The van der Waals surface area contributed by atoms with E-state index in [2.05, 4.69) is 15.6 Å². The molecule has 0 aromatic carbocycles. The second-order valence-corrected chi connectivity index (χ2v) is 11.8. The number of carbonyl (C=O) groups is 5. The number of rotatable bonds is 12. The second-order valence-electron chi connectivity index (χ2n) is 11.8. The Bertz CT molecular complexity index is 1110. The van der Waals surface area contributed by atoms with Crippen LogP contribution < -0.4 is 10.6 Å². The summed E-state index contributed by atoms with van der Waals surface area (Å²) in [5, 5.41) is 14.5. The van der Waals surface area contributed by atoms with Crippen LogP contribution in [0.25, 0.3) is 0 Å². The number of nitrogens with zero attached hydrogens (tertiary/aromatic N) is 3. The number of pyridine rings is 1. The van der Waals surface area contributed by atoms with Crippen LogP contribution in [-0.2, 0) is 28.7 Å². The number of amides is 4. The van der Waals surface area contributed by atoms with Gasteiger partial charge in [0.15, 0.2) is 0 Å². The highest BCUT2D eigenvalue weighted by Crippen LogP contribution is 2.46. The molecule has 3 aliphatic rings. The zero-order chi connectivity index (χ0) is 30.1. The lowest BCUT2D eigenvalue weighted by atomic mass is 9.65. The quantitative estimate of drug-likeness (QED) is 0.312. The first-order valence-corrected chi connectivity index (χ1v) is 15.0. The van der Waals surface area contributed by atoms with Crippen molar-refractivity contribution >= 4 is 29.6 Å². The number of nitrogens with one attached hydrogen (secondary N) is 2. The van der Waals surface area contributed by atoms with E-state index in [1.807, 2.05) is 11.0 Å². The molecule has 3 heterocycles. The third-order valence-corrected chi connectivity index (χ3v) is 9.19. The van der Waals surface area contributed by atoms with Crippen molar-refractivity contribution in [1.82, 2.24) is 25.4 Å². The topological polar surface area (TPSA) is 158 Å². The Labute approximate surface area is 246 Å². The molecule has 3 fully saturated rings. The summed E-state index contributed by atoms with van der Waals surface area (Å²) in [6.07, 6.45) is 9.08. The molecule has 230 valence electrons. The van der Waals surface area contributed by atoms with E-state index in [1.165, 1.54) is 0 Å². The Balaban J connectivity index is 1.12. The molecule has 1 spiro atoms. The van der Waals surface area contributed by atoms with Crippen LogP contribution in [0.15, 0.2) is 24.5 Å². The number of carboxylic acid groups (broad SMARTS) is 1. The normalized spacial score (nSPS) is 22.3. The highest BCUT2D eigenvalue weighted by atomic mass is 16.5. The van der Waals surface area contributed by atoms with E-state index in [4.69, 9.17) is 9.84 Å². The van der Waals surface area contributed by atoms with E-state index in [-0.39, 0.29) is 73.5 Å². The van der Waals surface area contributed by atoms with Gasteiger partial charge in [-0.3, -0.25) is 29.0 Å². The summed E-state index contributed by atoms with van der Waals surface area (Å²) in [5.74, 6) is -1.70. The fraction of sp³-hybridized carbons (Fsp3) is 0.667. The lowest BCUT2D eigenvalue weighted by molar-refractivity contribution is -0.138. The minimum atomic E-state index is -0.915. The van der Waals surface area contributed by atoms with Gasteiger partial charge in [0.25, 0.3) is 0 Å². The Hall–Kier alpha value is -3.54. The molecule has 0 radical (unpaired) electrons. The third-order valence-electron chi connectivity index (χ3n) is 9.19. The first kappa shape index (κ1) is 31.4. The molecular formula is C30H43N5O7. The van der Waals surface area contributed by atoms with E-state index in [0.29, 0.717) is 26.2 Å². The molecule has 2 saturated heterocycles. The number of aromatic nitrogens is 1. The predicted molar refractivity (Wildman–Crippen MR) is 152 cm³/mol. The first-order valence-electron chi connectivity index (χ1n) is 15.0. The van der Waals surface area contributed by atoms with Crippen molar-refractivity contribution in [2.75, 3.05) is 46.4 Å². The monoisotopic (exact) mass is 585 g/mol. The van der Waals surface area contributed by atoms with E-state index < -0.39 is 11.9 Å². The number of carboxylic acids is 1. The van der Waals surface area contributed by atoms with E-state index in [1.54, 1.807) is 30.4 Å². The molecule has 0 unspecified atom stereocenters. The van der Waals surface area contributed by atoms with E-state index >= 15 is 0 Å². The number of ether oxygens (including phenoxy) is 1. The Kier molecular flexibility index (Phi) is 10.9. The summed E-state index contributed by atoms with van der Waals surface area (Å²) in [6.45, 7) is 2.38. The van der Waals surface area contributed by atoms with Crippen LogP contribution >= 0.6 is 0 Å². The van der Waals surface area contributed by atoms with Gasteiger partial charge in [-0.1, -0.05) is 6.07 Å². The highest BCUT2D eigenvalue weighted by molar-refractivity contribution is 5.90. The number of hydrogen-bond acceptors (Lipinski definition) is 7. The van der Waals surface area contributed by atoms with Crippen molar-refractivity contribution in [3.63, 3.8) is 0 Å². The fourth-order valence-corrected chi connectivity index (χ4v) is 6.56. The first-order chi connectivity index (χ1) is 20.2. The lowest BCUT2D eigenvalue weighted by Crippen LogP contribution is -2.46. The Morgan fingerprint density at radius 3 is 2.33 bits per heavy atom.